The Hall–Kier alpha value is -4.21. The fourth-order valence-electron chi connectivity index (χ4n) is 5.03. The number of halogens is 3. The van der Waals surface area contributed by atoms with Crippen LogP contribution in [0.15, 0.2) is 36.4 Å². The van der Waals surface area contributed by atoms with Crippen molar-refractivity contribution >= 4 is 50.0 Å². The molecule has 190 valence electrons. The van der Waals surface area contributed by atoms with E-state index in [1.807, 2.05) is 33.8 Å². The van der Waals surface area contributed by atoms with Crippen LogP contribution in [-0.4, -0.2) is 24.9 Å². The van der Waals surface area contributed by atoms with Crippen molar-refractivity contribution < 1.29 is 18.1 Å². The summed E-state index contributed by atoms with van der Waals surface area (Å²) in [5, 5.41) is 11.8. The van der Waals surface area contributed by atoms with E-state index in [1.54, 1.807) is 6.07 Å². The highest BCUT2D eigenvalue weighted by Crippen LogP contribution is 2.39. The summed E-state index contributed by atoms with van der Waals surface area (Å²) < 4.78 is 42.9. The lowest BCUT2D eigenvalue weighted by molar-refractivity contribution is -0.382. The smallest absolute Gasteiger partial charge is 0.355 e. The molecule has 7 nitrogen and oxygen atoms in total. The highest BCUT2D eigenvalue weighted by molar-refractivity contribution is 5.95. The van der Waals surface area contributed by atoms with Crippen LogP contribution < -0.4 is 0 Å². The lowest BCUT2D eigenvalue weighted by atomic mass is 10.0. The third-order valence-corrected chi connectivity index (χ3v) is 6.88. The molecule has 0 aliphatic carbocycles. The lowest BCUT2D eigenvalue weighted by Crippen LogP contribution is -2.05. The maximum atomic E-state index is 14.3. The van der Waals surface area contributed by atoms with Crippen LogP contribution in [0.1, 0.15) is 68.9 Å². The Kier molecular flexibility index (Phi) is 5.77. The number of fused-ring (bicyclic) bond motifs is 8. The van der Waals surface area contributed by atoms with Gasteiger partial charge >= 0.3 is 6.18 Å². The summed E-state index contributed by atoms with van der Waals surface area (Å²) in [6.07, 6.45) is -3.40. The molecule has 2 aliphatic heterocycles. The average Bonchev–Trinajstić information content (AvgIpc) is 3.56. The Bertz CT molecular complexity index is 1690. The second-order valence-corrected chi connectivity index (χ2v) is 9.05. The van der Waals surface area contributed by atoms with Crippen LogP contribution in [0.25, 0.3) is 44.4 Å². The van der Waals surface area contributed by atoms with Crippen molar-refractivity contribution in [2.24, 2.45) is 0 Å². The quantitative estimate of drug-likeness (QED) is 0.278. The summed E-state index contributed by atoms with van der Waals surface area (Å²) in [5.41, 5.74) is 4.57. The number of alkyl halides is 3. The van der Waals surface area contributed by atoms with Crippen molar-refractivity contribution in [3.8, 4) is 0 Å². The summed E-state index contributed by atoms with van der Waals surface area (Å²) in [7, 11) is 0. The predicted molar refractivity (Wildman–Crippen MR) is 138 cm³/mol. The van der Waals surface area contributed by atoms with Gasteiger partial charge in [-0.05, 0) is 79.3 Å². The van der Waals surface area contributed by atoms with Gasteiger partial charge in [0.1, 0.15) is 11.1 Å². The first-order valence-electron chi connectivity index (χ1n) is 11.9. The van der Waals surface area contributed by atoms with Crippen LogP contribution in [0.4, 0.5) is 18.9 Å². The topological polar surface area (TPSA) is 100 Å². The minimum atomic E-state index is -4.79. The molecule has 0 saturated heterocycles. The molecule has 2 N–H and O–H groups in total. The zero-order valence-corrected chi connectivity index (χ0v) is 20.7. The fraction of sp³-hybridized carbons (Fsp3) is 0.259. The number of nitrogens with zero attached hydrogens (tertiary/aromatic N) is 3. The molecule has 5 rings (SSSR count). The Labute approximate surface area is 210 Å². The van der Waals surface area contributed by atoms with Crippen molar-refractivity contribution in [2.75, 3.05) is 0 Å². The molecular formula is C27H24F3N5O2. The second-order valence-electron chi connectivity index (χ2n) is 9.05. The van der Waals surface area contributed by atoms with Gasteiger partial charge in [-0.1, -0.05) is 13.8 Å². The number of hydrogen-bond acceptors (Lipinski definition) is 4. The molecular weight excluding hydrogens is 483 g/mol. The molecule has 0 aromatic carbocycles. The molecule has 3 aromatic heterocycles. The maximum absolute atomic E-state index is 14.3. The molecule has 0 saturated carbocycles. The Balaban J connectivity index is 2.01. The van der Waals surface area contributed by atoms with Crippen LogP contribution in [0.3, 0.4) is 0 Å². The highest BCUT2D eigenvalue weighted by atomic mass is 19.4. The molecule has 0 radical (unpaired) electrons. The molecule has 0 unspecified atom stereocenters. The van der Waals surface area contributed by atoms with Crippen LogP contribution in [0.2, 0.25) is 0 Å². The minimum absolute atomic E-state index is 0.0548. The third-order valence-electron chi connectivity index (χ3n) is 6.88. The number of aromatic amines is 2. The highest BCUT2D eigenvalue weighted by Gasteiger charge is 2.35. The molecule has 5 heterocycles. The Morgan fingerprint density at radius 3 is 1.95 bits per heavy atom. The number of hydrogen-bond donors (Lipinski definition) is 2. The fourth-order valence-corrected chi connectivity index (χ4v) is 5.03. The van der Waals surface area contributed by atoms with Crippen molar-refractivity contribution in [1.29, 1.82) is 0 Å². The molecule has 10 heteroatoms. The van der Waals surface area contributed by atoms with Crippen LogP contribution >= 0.6 is 0 Å². The molecule has 2 aliphatic rings. The van der Waals surface area contributed by atoms with E-state index in [-0.39, 0.29) is 11.0 Å². The number of rotatable bonds is 3. The van der Waals surface area contributed by atoms with Gasteiger partial charge in [0.15, 0.2) is 0 Å². The first-order valence-corrected chi connectivity index (χ1v) is 11.9. The van der Waals surface area contributed by atoms with Crippen molar-refractivity contribution in [3.63, 3.8) is 0 Å². The molecule has 37 heavy (non-hydrogen) atoms. The third kappa shape index (κ3) is 4.12. The summed E-state index contributed by atoms with van der Waals surface area (Å²) in [6, 6.07) is 8.85. The van der Waals surface area contributed by atoms with E-state index in [2.05, 4.69) is 9.97 Å². The summed E-state index contributed by atoms with van der Waals surface area (Å²) >= 11 is 0. The molecule has 0 amide bonds. The monoisotopic (exact) mass is 507 g/mol. The Morgan fingerprint density at radius 2 is 1.41 bits per heavy atom. The van der Waals surface area contributed by atoms with E-state index in [9.17, 15) is 23.3 Å². The first-order chi connectivity index (χ1) is 17.5. The van der Waals surface area contributed by atoms with Gasteiger partial charge in [-0.25, -0.2) is 9.97 Å². The van der Waals surface area contributed by atoms with E-state index in [4.69, 9.17) is 9.97 Å². The second kappa shape index (κ2) is 8.72. The van der Waals surface area contributed by atoms with E-state index in [0.29, 0.717) is 29.0 Å². The molecule has 0 fully saturated rings. The van der Waals surface area contributed by atoms with Gasteiger partial charge in [-0.3, -0.25) is 10.1 Å². The van der Waals surface area contributed by atoms with Crippen LogP contribution in [-0.2, 0) is 6.18 Å². The van der Waals surface area contributed by atoms with Gasteiger partial charge in [0.25, 0.3) is 5.69 Å². The largest absolute Gasteiger partial charge is 0.420 e. The first kappa shape index (κ1) is 24.5. The van der Waals surface area contributed by atoms with Crippen molar-refractivity contribution in [1.82, 2.24) is 19.9 Å². The average molecular weight is 508 g/mol. The zero-order chi connectivity index (χ0) is 26.6. The maximum Gasteiger partial charge on any atom is 0.420 e. The molecule has 8 bridgehead atoms. The van der Waals surface area contributed by atoms with Gasteiger partial charge in [0.2, 0.25) is 0 Å². The summed E-state index contributed by atoms with van der Waals surface area (Å²) in [6.45, 7) is 7.81. The van der Waals surface area contributed by atoms with E-state index >= 15 is 0 Å². The summed E-state index contributed by atoms with van der Waals surface area (Å²) in [4.78, 5) is 26.1. The standard InChI is InChI=1S/C27H24F3N5O2/c1-5-16-13(3)19-9-15-7-8-18(31-15)26(27(28,29)30)24-12-25(35(36)37)23(34-24)10-20-14(4)17(6-2)22(33-20)11-21(16)32-19/h7-12,31,34H,5-6H2,1-4H3. The van der Waals surface area contributed by atoms with Gasteiger partial charge < -0.3 is 9.97 Å². The SMILES string of the molecule is CCC1=C(C)c2cc3ccc([nH]3)c(C(F)(F)F)c3cc([N+](=O)[O-])c(cc4nc(cc1n2)C(CC)=C4C)[nH]3. The summed E-state index contributed by atoms with van der Waals surface area (Å²) in [5.74, 6) is 0. The number of nitro groups is 1. The van der Waals surface area contributed by atoms with Crippen LogP contribution in [0, 0.1) is 10.1 Å². The number of aromatic nitrogens is 4. The van der Waals surface area contributed by atoms with Crippen LogP contribution in [0.5, 0.6) is 0 Å². The number of nitrogens with one attached hydrogen (secondary N) is 2. The van der Waals surface area contributed by atoms with Gasteiger partial charge in [0.05, 0.1) is 38.7 Å². The molecule has 0 atom stereocenters. The molecule has 0 spiro atoms. The van der Waals surface area contributed by atoms with Gasteiger partial charge in [-0.15, -0.1) is 0 Å². The van der Waals surface area contributed by atoms with E-state index in [1.165, 1.54) is 18.2 Å². The van der Waals surface area contributed by atoms with Gasteiger partial charge in [-0.2, -0.15) is 13.2 Å². The molecule has 3 aromatic rings. The lowest BCUT2D eigenvalue weighted by Gasteiger charge is -2.06. The zero-order valence-electron chi connectivity index (χ0n) is 20.7. The number of allylic oxidation sites excluding steroid dienone is 4. The minimum Gasteiger partial charge on any atom is -0.355 e. The predicted octanol–water partition coefficient (Wildman–Crippen LogP) is 7.92. The van der Waals surface area contributed by atoms with E-state index < -0.39 is 27.9 Å². The normalized spacial score (nSPS) is 14.0. The van der Waals surface area contributed by atoms with Gasteiger partial charge in [0, 0.05) is 11.6 Å². The van der Waals surface area contributed by atoms with Crippen molar-refractivity contribution in [3.05, 3.63) is 74.9 Å². The van der Waals surface area contributed by atoms with Crippen molar-refractivity contribution in [2.45, 2.75) is 46.7 Å². The number of H-pyrrole nitrogens is 2. The Morgan fingerprint density at radius 1 is 0.811 bits per heavy atom. The van der Waals surface area contributed by atoms with E-state index in [0.717, 1.165) is 40.5 Å².